The third kappa shape index (κ3) is 5.83. The molecule has 0 radical (unpaired) electrons. The Kier molecular flexibility index (Phi) is 8.02. The molecule has 0 saturated heterocycles. The van der Waals surface area contributed by atoms with E-state index in [4.69, 9.17) is 9.47 Å². The number of carbonyl (C=O) groups excluding carboxylic acids is 2. The van der Waals surface area contributed by atoms with Gasteiger partial charge in [0.1, 0.15) is 5.01 Å². The Morgan fingerprint density at radius 1 is 1.29 bits per heavy atom. The summed E-state index contributed by atoms with van der Waals surface area (Å²) in [6, 6.07) is 5.44. The second-order valence-corrected chi connectivity index (χ2v) is 6.67. The number of ether oxygens (including phenoxy) is 2. The molecular formula is C18H21N3O6S. The summed E-state index contributed by atoms with van der Waals surface area (Å²) in [5.74, 6) is -0.781. The molecule has 2 aromatic rings. The molecule has 28 heavy (non-hydrogen) atoms. The Bertz CT molecular complexity index is 821. The van der Waals surface area contributed by atoms with Crippen LogP contribution in [0.3, 0.4) is 0 Å². The first-order valence-corrected chi connectivity index (χ1v) is 9.48. The van der Waals surface area contributed by atoms with Crippen molar-refractivity contribution in [2.75, 3.05) is 26.9 Å². The van der Waals surface area contributed by atoms with E-state index < -0.39 is 10.9 Å². The monoisotopic (exact) mass is 407 g/mol. The molecule has 150 valence electrons. The van der Waals surface area contributed by atoms with Gasteiger partial charge in [-0.05, 0) is 25.5 Å². The van der Waals surface area contributed by atoms with Crippen molar-refractivity contribution < 1.29 is 24.0 Å². The first-order valence-electron chi connectivity index (χ1n) is 8.60. The van der Waals surface area contributed by atoms with Crippen molar-refractivity contribution in [3.8, 4) is 0 Å². The zero-order valence-electron chi connectivity index (χ0n) is 15.6. The van der Waals surface area contributed by atoms with Crippen LogP contribution in [0.4, 0.5) is 5.69 Å². The molecular weight excluding hydrogens is 386 g/mol. The number of hydrogen-bond donors (Lipinski definition) is 0. The lowest BCUT2D eigenvalue weighted by Crippen LogP contribution is -2.32. The van der Waals surface area contributed by atoms with Gasteiger partial charge in [-0.2, -0.15) is 0 Å². The van der Waals surface area contributed by atoms with Gasteiger partial charge in [0.25, 0.3) is 11.6 Å². The number of methoxy groups -OCH3 is 1. The molecule has 0 aliphatic rings. The highest BCUT2D eigenvalue weighted by Crippen LogP contribution is 2.18. The average Bonchev–Trinajstić information content (AvgIpc) is 3.16. The van der Waals surface area contributed by atoms with Gasteiger partial charge in [-0.15, -0.1) is 11.3 Å². The van der Waals surface area contributed by atoms with Gasteiger partial charge in [0.2, 0.25) is 0 Å². The van der Waals surface area contributed by atoms with Crippen molar-refractivity contribution in [3.63, 3.8) is 0 Å². The molecule has 0 fully saturated rings. The van der Waals surface area contributed by atoms with Crippen molar-refractivity contribution in [2.45, 2.75) is 19.9 Å². The molecule has 0 bridgehead atoms. The first kappa shape index (κ1) is 21.5. The van der Waals surface area contributed by atoms with Crippen molar-refractivity contribution in [3.05, 3.63) is 56.0 Å². The number of hydrogen-bond acceptors (Lipinski definition) is 8. The highest BCUT2D eigenvalue weighted by Gasteiger charge is 2.20. The van der Waals surface area contributed by atoms with Gasteiger partial charge in [-0.1, -0.05) is 0 Å². The van der Waals surface area contributed by atoms with Crippen molar-refractivity contribution in [1.29, 1.82) is 0 Å². The van der Waals surface area contributed by atoms with Crippen molar-refractivity contribution in [2.24, 2.45) is 0 Å². The van der Waals surface area contributed by atoms with Crippen LogP contribution in [0.5, 0.6) is 0 Å². The zero-order valence-corrected chi connectivity index (χ0v) is 16.4. The van der Waals surface area contributed by atoms with Crippen LogP contribution < -0.4 is 0 Å². The van der Waals surface area contributed by atoms with Crippen LogP contribution in [-0.2, 0) is 16.0 Å². The lowest BCUT2D eigenvalue weighted by atomic mass is 10.1. The van der Waals surface area contributed by atoms with E-state index in [-0.39, 0.29) is 30.4 Å². The van der Waals surface area contributed by atoms with Gasteiger partial charge in [-0.3, -0.25) is 14.9 Å². The standard InChI is InChI=1S/C18H21N3O6S/c1-3-27-18(23)15-12-28-16(19-15)11-20(9-4-10-26-2)17(22)13-5-7-14(8-6-13)21(24)25/h5-8,12H,3-4,9-11H2,1-2H3. The van der Waals surface area contributed by atoms with E-state index in [2.05, 4.69) is 4.98 Å². The first-order chi connectivity index (χ1) is 13.5. The number of nitro benzene ring substituents is 1. The quantitative estimate of drug-likeness (QED) is 0.258. The highest BCUT2D eigenvalue weighted by atomic mass is 32.1. The third-order valence-electron chi connectivity index (χ3n) is 3.75. The number of nitro groups is 1. The molecule has 1 heterocycles. The smallest absolute Gasteiger partial charge is 0.357 e. The summed E-state index contributed by atoms with van der Waals surface area (Å²) in [7, 11) is 1.58. The molecule has 0 saturated carbocycles. The molecule has 0 aliphatic heterocycles. The summed E-state index contributed by atoms with van der Waals surface area (Å²) in [6.45, 7) is 3.08. The fourth-order valence-corrected chi connectivity index (χ4v) is 3.18. The number of non-ortho nitro benzene ring substituents is 1. The Hall–Kier alpha value is -2.85. The van der Waals surface area contributed by atoms with Gasteiger partial charge in [-0.25, -0.2) is 9.78 Å². The molecule has 0 unspecified atom stereocenters. The molecule has 2 rings (SSSR count). The summed E-state index contributed by atoms with van der Waals surface area (Å²) in [4.78, 5) is 40.7. The summed E-state index contributed by atoms with van der Waals surface area (Å²) in [5.41, 5.74) is 0.466. The van der Waals surface area contributed by atoms with Crippen LogP contribution >= 0.6 is 11.3 Å². The minimum Gasteiger partial charge on any atom is -0.461 e. The van der Waals surface area contributed by atoms with Crippen molar-refractivity contribution in [1.82, 2.24) is 9.88 Å². The second-order valence-electron chi connectivity index (χ2n) is 5.72. The summed E-state index contributed by atoms with van der Waals surface area (Å²) in [5, 5.41) is 13.0. The molecule has 1 aromatic carbocycles. The number of benzene rings is 1. The van der Waals surface area contributed by atoms with E-state index in [1.54, 1.807) is 24.3 Å². The number of amides is 1. The van der Waals surface area contributed by atoms with Crippen LogP contribution in [0.2, 0.25) is 0 Å². The number of aromatic nitrogens is 1. The van der Waals surface area contributed by atoms with Gasteiger partial charge in [0.05, 0.1) is 18.1 Å². The molecule has 0 spiro atoms. The largest absolute Gasteiger partial charge is 0.461 e. The predicted octanol–water partition coefficient (Wildman–Crippen LogP) is 2.91. The summed E-state index contributed by atoms with van der Waals surface area (Å²) >= 11 is 1.26. The number of carbonyl (C=O) groups is 2. The van der Waals surface area contributed by atoms with E-state index >= 15 is 0 Å². The lowest BCUT2D eigenvalue weighted by Gasteiger charge is -2.21. The molecule has 1 amide bonds. The number of thiazole rings is 1. The fourth-order valence-electron chi connectivity index (χ4n) is 2.41. The minimum absolute atomic E-state index is 0.0820. The maximum Gasteiger partial charge on any atom is 0.357 e. The third-order valence-corrected chi connectivity index (χ3v) is 4.58. The molecule has 1 aromatic heterocycles. The summed E-state index contributed by atoms with van der Waals surface area (Å²) in [6.07, 6.45) is 0.616. The SMILES string of the molecule is CCOC(=O)c1csc(CN(CCCOC)C(=O)c2ccc([N+](=O)[O-])cc2)n1. The van der Waals surface area contributed by atoms with E-state index in [1.807, 2.05) is 0 Å². The van der Waals surface area contributed by atoms with E-state index in [0.717, 1.165) is 0 Å². The lowest BCUT2D eigenvalue weighted by molar-refractivity contribution is -0.384. The predicted molar refractivity (Wildman–Crippen MR) is 102 cm³/mol. The van der Waals surface area contributed by atoms with Gasteiger partial charge >= 0.3 is 5.97 Å². The van der Waals surface area contributed by atoms with Crippen LogP contribution in [0.25, 0.3) is 0 Å². The summed E-state index contributed by atoms with van der Waals surface area (Å²) < 4.78 is 9.97. The highest BCUT2D eigenvalue weighted by molar-refractivity contribution is 7.09. The maximum absolute atomic E-state index is 12.9. The number of rotatable bonds is 10. The van der Waals surface area contributed by atoms with E-state index in [0.29, 0.717) is 30.1 Å². The van der Waals surface area contributed by atoms with Crippen LogP contribution in [0.1, 0.15) is 39.2 Å². The maximum atomic E-state index is 12.9. The molecule has 9 nitrogen and oxygen atoms in total. The molecule has 0 N–H and O–H groups in total. The Labute approximate surface area is 166 Å². The number of esters is 1. The second kappa shape index (κ2) is 10.5. The molecule has 10 heteroatoms. The van der Waals surface area contributed by atoms with Crippen LogP contribution in [0, 0.1) is 10.1 Å². The minimum atomic E-state index is -0.517. The Balaban J connectivity index is 2.15. The normalized spacial score (nSPS) is 10.5. The zero-order chi connectivity index (χ0) is 20.5. The van der Waals surface area contributed by atoms with Gasteiger partial charge in [0, 0.05) is 43.3 Å². The number of nitrogens with zero attached hydrogens (tertiary/aromatic N) is 3. The van der Waals surface area contributed by atoms with E-state index in [1.165, 1.54) is 35.6 Å². The Morgan fingerprint density at radius 3 is 2.61 bits per heavy atom. The fraction of sp³-hybridized carbons (Fsp3) is 0.389. The van der Waals surface area contributed by atoms with Crippen LogP contribution in [-0.4, -0.2) is 53.6 Å². The van der Waals surface area contributed by atoms with Crippen molar-refractivity contribution >= 4 is 28.9 Å². The van der Waals surface area contributed by atoms with Gasteiger partial charge < -0.3 is 14.4 Å². The van der Waals surface area contributed by atoms with Gasteiger partial charge in [0.15, 0.2) is 5.69 Å². The molecule has 0 aliphatic carbocycles. The Morgan fingerprint density at radius 2 is 2.00 bits per heavy atom. The van der Waals surface area contributed by atoms with E-state index in [9.17, 15) is 19.7 Å². The topological polar surface area (TPSA) is 112 Å². The molecule has 0 atom stereocenters. The van der Waals surface area contributed by atoms with Crippen LogP contribution in [0.15, 0.2) is 29.6 Å². The average molecular weight is 407 g/mol.